The highest BCUT2D eigenvalue weighted by Crippen LogP contribution is 2.12. The van der Waals surface area contributed by atoms with Gasteiger partial charge in [0.15, 0.2) is 0 Å². The van der Waals surface area contributed by atoms with Crippen molar-refractivity contribution in [3.63, 3.8) is 0 Å². The van der Waals surface area contributed by atoms with E-state index in [1.54, 1.807) is 6.92 Å². The summed E-state index contributed by atoms with van der Waals surface area (Å²) in [5.74, 6) is -1.84. The van der Waals surface area contributed by atoms with Gasteiger partial charge in [-0.2, -0.15) is 0 Å². The molecule has 0 fully saturated rings. The molecular formula is C13H19FN2O3S. The van der Waals surface area contributed by atoms with E-state index in [2.05, 4.69) is 4.72 Å². The second-order valence-electron chi connectivity index (χ2n) is 4.77. The molecule has 2 atom stereocenters. The van der Waals surface area contributed by atoms with Crippen molar-refractivity contribution in [3.8, 4) is 0 Å². The van der Waals surface area contributed by atoms with Crippen molar-refractivity contribution < 1.29 is 17.6 Å². The first-order valence-electron chi connectivity index (χ1n) is 6.29. The molecule has 5 nitrogen and oxygen atoms in total. The van der Waals surface area contributed by atoms with E-state index in [1.165, 1.54) is 18.2 Å². The number of benzene rings is 1. The van der Waals surface area contributed by atoms with Crippen molar-refractivity contribution in [3.05, 3.63) is 35.6 Å². The third-order valence-electron chi connectivity index (χ3n) is 3.07. The van der Waals surface area contributed by atoms with Gasteiger partial charge in [-0.25, -0.2) is 17.5 Å². The van der Waals surface area contributed by atoms with E-state index < -0.39 is 33.5 Å². The molecule has 3 N–H and O–H groups in total. The van der Waals surface area contributed by atoms with Gasteiger partial charge >= 0.3 is 0 Å². The van der Waals surface area contributed by atoms with Crippen LogP contribution < -0.4 is 10.5 Å². The fraction of sp³-hybridized carbons (Fsp3) is 0.462. The molecule has 0 aliphatic carbocycles. The Morgan fingerprint density at radius 2 is 2.10 bits per heavy atom. The first-order chi connectivity index (χ1) is 9.25. The van der Waals surface area contributed by atoms with Crippen LogP contribution in [-0.4, -0.2) is 20.4 Å². The van der Waals surface area contributed by atoms with E-state index in [0.717, 1.165) is 6.07 Å². The van der Waals surface area contributed by atoms with Crippen LogP contribution in [0.3, 0.4) is 0 Å². The zero-order chi connectivity index (χ0) is 15.3. The first-order valence-corrected chi connectivity index (χ1v) is 7.94. The maximum Gasteiger partial charge on any atom is 0.235 e. The molecule has 1 amide bonds. The van der Waals surface area contributed by atoms with E-state index in [0.29, 0.717) is 12.0 Å². The van der Waals surface area contributed by atoms with Crippen LogP contribution in [-0.2, 0) is 20.6 Å². The molecule has 112 valence electrons. The topological polar surface area (TPSA) is 89.3 Å². The van der Waals surface area contributed by atoms with Crippen LogP contribution in [0.25, 0.3) is 0 Å². The Morgan fingerprint density at radius 3 is 2.60 bits per heavy atom. The standard InChI is InChI=1S/C13H19FN2O3S/c1-3-9(2)12(13(15)17)16-20(18,19)8-10-5-4-6-11(14)7-10/h4-7,9,12,16H,3,8H2,1-2H3,(H2,15,17)/t9-,12+/m1/s1. The minimum atomic E-state index is -3.77. The van der Waals surface area contributed by atoms with Crippen molar-refractivity contribution >= 4 is 15.9 Å². The van der Waals surface area contributed by atoms with Gasteiger partial charge in [0.1, 0.15) is 11.9 Å². The van der Waals surface area contributed by atoms with Crippen LogP contribution in [0.4, 0.5) is 4.39 Å². The molecule has 20 heavy (non-hydrogen) atoms. The lowest BCUT2D eigenvalue weighted by molar-refractivity contribution is -0.120. The zero-order valence-corrected chi connectivity index (χ0v) is 12.3. The van der Waals surface area contributed by atoms with Gasteiger partial charge in [-0.1, -0.05) is 32.4 Å². The Bertz CT molecular complexity index is 575. The fourth-order valence-electron chi connectivity index (χ4n) is 1.77. The van der Waals surface area contributed by atoms with Crippen molar-refractivity contribution in [2.45, 2.75) is 32.1 Å². The van der Waals surface area contributed by atoms with Crippen LogP contribution in [0.2, 0.25) is 0 Å². The molecule has 0 heterocycles. The van der Waals surface area contributed by atoms with E-state index in [9.17, 15) is 17.6 Å². The maximum absolute atomic E-state index is 13.0. The quantitative estimate of drug-likeness (QED) is 0.791. The predicted molar refractivity (Wildman–Crippen MR) is 74.6 cm³/mol. The summed E-state index contributed by atoms with van der Waals surface area (Å²) in [6, 6.07) is 4.35. The summed E-state index contributed by atoms with van der Waals surface area (Å²) in [6.07, 6.45) is 0.607. The first kappa shape index (κ1) is 16.6. The van der Waals surface area contributed by atoms with Crippen LogP contribution in [0.1, 0.15) is 25.8 Å². The molecular weight excluding hydrogens is 283 g/mol. The van der Waals surface area contributed by atoms with Crippen LogP contribution in [0.15, 0.2) is 24.3 Å². The van der Waals surface area contributed by atoms with Gasteiger partial charge in [0.05, 0.1) is 5.75 Å². The second-order valence-corrected chi connectivity index (χ2v) is 6.53. The van der Waals surface area contributed by atoms with E-state index in [4.69, 9.17) is 5.73 Å². The SMILES string of the molecule is CC[C@@H](C)[C@H](NS(=O)(=O)Cc1cccc(F)c1)C(N)=O. The summed E-state index contributed by atoms with van der Waals surface area (Å²) < 4.78 is 39.3. The molecule has 0 saturated carbocycles. The number of nitrogens with one attached hydrogen (secondary N) is 1. The van der Waals surface area contributed by atoms with Gasteiger partial charge < -0.3 is 5.73 Å². The highest BCUT2D eigenvalue weighted by molar-refractivity contribution is 7.88. The molecule has 1 aromatic carbocycles. The summed E-state index contributed by atoms with van der Waals surface area (Å²) in [5.41, 5.74) is 5.52. The Balaban J connectivity index is 2.85. The van der Waals surface area contributed by atoms with Gasteiger partial charge in [0.2, 0.25) is 15.9 Å². The molecule has 0 unspecified atom stereocenters. The minimum Gasteiger partial charge on any atom is -0.368 e. The van der Waals surface area contributed by atoms with Gasteiger partial charge in [0, 0.05) is 0 Å². The number of primary amides is 1. The lowest BCUT2D eigenvalue weighted by atomic mass is 10.00. The average Bonchev–Trinajstić information content (AvgIpc) is 2.34. The molecule has 1 rings (SSSR count). The maximum atomic E-state index is 13.0. The number of carbonyl (C=O) groups excluding carboxylic acids is 1. The van der Waals surface area contributed by atoms with Crippen LogP contribution in [0.5, 0.6) is 0 Å². The molecule has 0 radical (unpaired) electrons. The number of nitrogens with two attached hydrogens (primary N) is 1. The van der Waals surface area contributed by atoms with Gasteiger partial charge in [-0.05, 0) is 23.6 Å². The molecule has 0 aliphatic rings. The Kier molecular flexibility index (Phi) is 5.64. The smallest absolute Gasteiger partial charge is 0.235 e. The normalized spacial score (nSPS) is 14.8. The summed E-state index contributed by atoms with van der Waals surface area (Å²) in [6.45, 7) is 3.57. The molecule has 1 aromatic rings. The van der Waals surface area contributed by atoms with Gasteiger partial charge in [-0.3, -0.25) is 4.79 Å². The highest BCUT2D eigenvalue weighted by atomic mass is 32.2. The molecule has 0 saturated heterocycles. The number of carbonyl (C=O) groups is 1. The van der Waals surface area contributed by atoms with Gasteiger partial charge in [0.25, 0.3) is 0 Å². The second kappa shape index (κ2) is 6.81. The van der Waals surface area contributed by atoms with E-state index >= 15 is 0 Å². The van der Waals surface area contributed by atoms with Crippen molar-refractivity contribution in [1.82, 2.24) is 4.72 Å². The van der Waals surface area contributed by atoms with Gasteiger partial charge in [-0.15, -0.1) is 0 Å². The summed E-state index contributed by atoms with van der Waals surface area (Å²) in [5, 5.41) is 0. The van der Waals surface area contributed by atoms with Crippen LogP contribution in [0, 0.1) is 11.7 Å². The van der Waals surface area contributed by atoms with E-state index in [-0.39, 0.29) is 5.92 Å². The number of amides is 1. The van der Waals surface area contributed by atoms with Crippen molar-refractivity contribution in [2.75, 3.05) is 0 Å². The fourth-order valence-corrected chi connectivity index (χ4v) is 3.21. The van der Waals surface area contributed by atoms with E-state index in [1.807, 2.05) is 6.92 Å². The molecule has 0 aliphatic heterocycles. The molecule has 0 aromatic heterocycles. The summed E-state index contributed by atoms with van der Waals surface area (Å²) in [4.78, 5) is 11.3. The van der Waals surface area contributed by atoms with Crippen molar-refractivity contribution in [1.29, 1.82) is 0 Å². The Hall–Kier alpha value is -1.47. The zero-order valence-electron chi connectivity index (χ0n) is 11.5. The Labute approximate surface area is 118 Å². The molecule has 0 spiro atoms. The Morgan fingerprint density at radius 1 is 1.45 bits per heavy atom. The third-order valence-corrected chi connectivity index (χ3v) is 4.40. The monoisotopic (exact) mass is 302 g/mol. The number of halogens is 1. The van der Waals surface area contributed by atoms with Crippen LogP contribution >= 0.6 is 0 Å². The number of hydrogen-bond acceptors (Lipinski definition) is 3. The largest absolute Gasteiger partial charge is 0.368 e. The minimum absolute atomic E-state index is 0.213. The summed E-state index contributed by atoms with van der Waals surface area (Å²) in [7, 11) is -3.77. The highest BCUT2D eigenvalue weighted by Gasteiger charge is 2.27. The average molecular weight is 302 g/mol. The third kappa shape index (κ3) is 4.90. The number of hydrogen-bond donors (Lipinski definition) is 2. The molecule has 7 heteroatoms. The number of sulfonamides is 1. The summed E-state index contributed by atoms with van der Waals surface area (Å²) >= 11 is 0. The lowest BCUT2D eigenvalue weighted by Gasteiger charge is -2.21. The number of rotatable bonds is 7. The van der Waals surface area contributed by atoms with Crippen molar-refractivity contribution in [2.24, 2.45) is 11.7 Å². The predicted octanol–water partition coefficient (Wildman–Crippen LogP) is 1.15. The molecule has 0 bridgehead atoms. The lowest BCUT2D eigenvalue weighted by Crippen LogP contribution is -2.48.